The third-order valence-corrected chi connectivity index (χ3v) is 2.58. The van der Waals surface area contributed by atoms with Gasteiger partial charge in [-0.05, 0) is 19.0 Å². The van der Waals surface area contributed by atoms with Crippen molar-refractivity contribution < 1.29 is 19.9 Å². The summed E-state index contributed by atoms with van der Waals surface area (Å²) in [6.45, 7) is 0.168. The first kappa shape index (κ1) is 14.4. The van der Waals surface area contributed by atoms with Crippen LogP contribution in [0.3, 0.4) is 0 Å². The van der Waals surface area contributed by atoms with E-state index in [2.05, 4.69) is 0 Å². The molecule has 0 amide bonds. The summed E-state index contributed by atoms with van der Waals surface area (Å²) in [5.74, 6) is 0.160. The lowest BCUT2D eigenvalue weighted by Crippen LogP contribution is -2.23. The zero-order valence-electron chi connectivity index (χ0n) is 9.94. The van der Waals surface area contributed by atoms with Crippen LogP contribution in [0.15, 0.2) is 18.2 Å². The maximum Gasteiger partial charge on any atom is 0.279 e. The third-order valence-electron chi connectivity index (χ3n) is 2.58. The van der Waals surface area contributed by atoms with Crippen molar-refractivity contribution in [2.75, 3.05) is 13.7 Å². The Hall–Kier alpha value is -1.70. The number of benzene rings is 1. The Bertz CT molecular complexity index is 424. The summed E-state index contributed by atoms with van der Waals surface area (Å²) in [5, 5.41) is 30.6. The Morgan fingerprint density at radius 2 is 2.17 bits per heavy atom. The topological polar surface area (TPSA) is 119 Å². The van der Waals surface area contributed by atoms with Crippen LogP contribution >= 0.6 is 0 Å². The molecule has 0 aliphatic carbocycles. The van der Waals surface area contributed by atoms with Crippen LogP contribution in [-0.4, -0.2) is 34.9 Å². The van der Waals surface area contributed by atoms with Gasteiger partial charge in [0.05, 0.1) is 18.1 Å². The van der Waals surface area contributed by atoms with Gasteiger partial charge in [0.2, 0.25) is 0 Å². The number of nitrogens with two attached hydrogens (primary N) is 1. The molecule has 0 aliphatic heterocycles. The Morgan fingerprint density at radius 1 is 1.50 bits per heavy atom. The van der Waals surface area contributed by atoms with Crippen molar-refractivity contribution in [2.24, 2.45) is 5.73 Å². The molecule has 100 valence electrons. The molecule has 0 heterocycles. The average molecular weight is 256 g/mol. The van der Waals surface area contributed by atoms with Gasteiger partial charge in [-0.3, -0.25) is 10.1 Å². The van der Waals surface area contributed by atoms with Gasteiger partial charge in [-0.25, -0.2) is 0 Å². The zero-order valence-corrected chi connectivity index (χ0v) is 9.94. The number of hydrogen-bond acceptors (Lipinski definition) is 6. The molecule has 18 heavy (non-hydrogen) atoms. The molecule has 0 bridgehead atoms. The van der Waals surface area contributed by atoms with Crippen molar-refractivity contribution in [3.05, 3.63) is 33.9 Å². The van der Waals surface area contributed by atoms with Crippen LogP contribution in [0.5, 0.6) is 5.75 Å². The number of nitrogens with zero attached hydrogens (tertiary/aromatic N) is 1. The monoisotopic (exact) mass is 256 g/mol. The highest BCUT2D eigenvalue weighted by Crippen LogP contribution is 2.35. The largest absolute Gasteiger partial charge is 0.496 e. The first-order valence-corrected chi connectivity index (χ1v) is 5.40. The fourth-order valence-corrected chi connectivity index (χ4v) is 1.69. The fraction of sp³-hybridized carbons (Fsp3) is 0.455. The van der Waals surface area contributed by atoms with Gasteiger partial charge in [-0.15, -0.1) is 0 Å². The Balaban J connectivity index is 3.22. The molecule has 2 atom stereocenters. The minimum atomic E-state index is -1.41. The number of nitro benzene ring substituents is 1. The van der Waals surface area contributed by atoms with Crippen LogP contribution in [0.25, 0.3) is 0 Å². The first-order valence-electron chi connectivity index (χ1n) is 5.40. The van der Waals surface area contributed by atoms with Crippen LogP contribution < -0.4 is 10.5 Å². The predicted molar refractivity (Wildman–Crippen MR) is 64.3 cm³/mol. The summed E-state index contributed by atoms with van der Waals surface area (Å²) >= 11 is 0. The summed E-state index contributed by atoms with van der Waals surface area (Å²) in [7, 11) is 1.34. The molecule has 4 N–H and O–H groups in total. The minimum absolute atomic E-state index is 0.0362. The third kappa shape index (κ3) is 2.95. The van der Waals surface area contributed by atoms with E-state index in [4.69, 9.17) is 10.5 Å². The van der Waals surface area contributed by atoms with Crippen molar-refractivity contribution in [1.29, 1.82) is 0 Å². The number of ether oxygens (including phenoxy) is 1. The second-order valence-corrected chi connectivity index (χ2v) is 3.74. The number of methoxy groups -OCH3 is 1. The van der Waals surface area contributed by atoms with Gasteiger partial charge < -0.3 is 20.7 Å². The quantitative estimate of drug-likeness (QED) is 0.499. The van der Waals surface area contributed by atoms with Gasteiger partial charge in [-0.1, -0.05) is 6.07 Å². The molecule has 0 radical (unpaired) electrons. The summed E-state index contributed by atoms with van der Waals surface area (Å²) in [6, 6.07) is 4.18. The number of rotatable bonds is 6. The van der Waals surface area contributed by atoms with Crippen LogP contribution in [0.4, 0.5) is 5.69 Å². The van der Waals surface area contributed by atoms with Gasteiger partial charge in [0.15, 0.2) is 0 Å². The summed E-state index contributed by atoms with van der Waals surface area (Å²) in [5.41, 5.74) is 4.95. The molecule has 1 aromatic carbocycles. The first-order chi connectivity index (χ1) is 8.52. The van der Waals surface area contributed by atoms with E-state index < -0.39 is 17.1 Å². The Kier molecular flexibility index (Phi) is 5.02. The minimum Gasteiger partial charge on any atom is -0.496 e. The molecular formula is C11H16N2O5. The second kappa shape index (κ2) is 6.29. The lowest BCUT2D eigenvalue weighted by atomic mass is 9.99. The van der Waals surface area contributed by atoms with Gasteiger partial charge in [-0.2, -0.15) is 0 Å². The zero-order chi connectivity index (χ0) is 13.7. The molecule has 0 saturated carbocycles. The second-order valence-electron chi connectivity index (χ2n) is 3.74. The number of aliphatic hydroxyl groups excluding tert-OH is 2. The van der Waals surface area contributed by atoms with Crippen LogP contribution in [0.2, 0.25) is 0 Å². The number of hydrogen-bond donors (Lipinski definition) is 3. The van der Waals surface area contributed by atoms with Gasteiger partial charge in [0.25, 0.3) is 5.69 Å². The van der Waals surface area contributed by atoms with Gasteiger partial charge in [0, 0.05) is 6.07 Å². The lowest BCUT2D eigenvalue weighted by Gasteiger charge is -2.19. The van der Waals surface area contributed by atoms with E-state index in [-0.39, 0.29) is 30.0 Å². The van der Waals surface area contributed by atoms with E-state index in [1.807, 2.05) is 0 Å². The molecule has 7 nitrogen and oxygen atoms in total. The lowest BCUT2D eigenvalue weighted by molar-refractivity contribution is -0.386. The number of aliphatic hydroxyl groups is 2. The van der Waals surface area contributed by atoms with E-state index in [9.17, 15) is 20.3 Å². The van der Waals surface area contributed by atoms with Crippen LogP contribution in [0.1, 0.15) is 18.1 Å². The van der Waals surface area contributed by atoms with Crippen LogP contribution in [-0.2, 0) is 0 Å². The smallest absolute Gasteiger partial charge is 0.279 e. The summed E-state index contributed by atoms with van der Waals surface area (Å²) in [4.78, 5) is 10.3. The Labute approximate surface area is 104 Å². The normalized spacial score (nSPS) is 14.0. The molecular weight excluding hydrogens is 240 g/mol. The fourth-order valence-electron chi connectivity index (χ4n) is 1.69. The van der Waals surface area contributed by atoms with Crippen molar-refractivity contribution in [3.63, 3.8) is 0 Å². The van der Waals surface area contributed by atoms with E-state index in [0.29, 0.717) is 0 Å². The average Bonchev–Trinajstić information content (AvgIpc) is 2.37. The predicted octanol–water partition coefficient (Wildman–Crippen LogP) is 0.346. The molecule has 7 heteroatoms. The molecule has 0 aromatic heterocycles. The van der Waals surface area contributed by atoms with E-state index in [0.717, 1.165) is 0 Å². The molecule has 0 saturated heterocycles. The summed E-state index contributed by atoms with van der Waals surface area (Å²) < 4.78 is 4.98. The standard InChI is InChI=1S/C11H16N2O5/c1-18-9-4-2-3-7(13(16)17)10(9)11(15)8(14)5-6-12/h2-4,8,11,14-15H,5-6,12H2,1H3. The highest BCUT2D eigenvalue weighted by atomic mass is 16.6. The maximum absolute atomic E-state index is 10.9. The van der Waals surface area contributed by atoms with Gasteiger partial charge in [0.1, 0.15) is 17.4 Å². The van der Waals surface area contributed by atoms with Crippen molar-refractivity contribution >= 4 is 5.69 Å². The molecule has 2 unspecified atom stereocenters. The molecule has 0 aliphatic rings. The molecule has 0 fully saturated rings. The Morgan fingerprint density at radius 3 is 2.67 bits per heavy atom. The highest BCUT2D eigenvalue weighted by Gasteiger charge is 2.29. The molecule has 1 aromatic rings. The van der Waals surface area contributed by atoms with E-state index in [1.54, 1.807) is 0 Å². The van der Waals surface area contributed by atoms with Gasteiger partial charge >= 0.3 is 0 Å². The summed E-state index contributed by atoms with van der Waals surface area (Å²) in [6.07, 6.45) is -2.45. The SMILES string of the molecule is COc1cccc([N+](=O)[O-])c1C(O)C(O)CCN. The van der Waals surface area contributed by atoms with E-state index >= 15 is 0 Å². The molecule has 0 spiro atoms. The highest BCUT2D eigenvalue weighted by molar-refractivity contribution is 5.51. The maximum atomic E-state index is 10.9. The van der Waals surface area contributed by atoms with Crippen molar-refractivity contribution in [3.8, 4) is 5.75 Å². The van der Waals surface area contributed by atoms with Crippen molar-refractivity contribution in [2.45, 2.75) is 18.6 Å². The van der Waals surface area contributed by atoms with Crippen molar-refractivity contribution in [1.82, 2.24) is 0 Å². The molecule has 1 rings (SSSR count). The van der Waals surface area contributed by atoms with Crippen LogP contribution in [0, 0.1) is 10.1 Å². The van der Waals surface area contributed by atoms with E-state index in [1.165, 1.54) is 25.3 Å². The number of nitro groups is 1.